The lowest BCUT2D eigenvalue weighted by atomic mass is 10.00. The Balaban J connectivity index is 1.52. The topological polar surface area (TPSA) is 36.4 Å². The molecule has 0 bridgehead atoms. The highest BCUT2D eigenvalue weighted by Crippen LogP contribution is 2.24. The van der Waals surface area contributed by atoms with Crippen molar-refractivity contribution in [2.24, 2.45) is 0 Å². The molecule has 1 amide bonds. The molecular weight excluding hydrogens is 346 g/mol. The van der Waals surface area contributed by atoms with E-state index in [0.29, 0.717) is 12.2 Å². The first-order valence-corrected chi connectivity index (χ1v) is 9.82. The van der Waals surface area contributed by atoms with Crippen molar-refractivity contribution in [1.29, 1.82) is 0 Å². The van der Waals surface area contributed by atoms with Crippen LogP contribution < -0.4 is 9.80 Å². The van der Waals surface area contributed by atoms with Crippen molar-refractivity contribution in [2.45, 2.75) is 26.8 Å². The number of aryl methyl sites for hydroxylation is 1. The van der Waals surface area contributed by atoms with Crippen LogP contribution in [0.25, 0.3) is 0 Å². The molecule has 0 spiro atoms. The van der Waals surface area contributed by atoms with E-state index in [4.69, 9.17) is 0 Å². The van der Waals surface area contributed by atoms with Crippen LogP contribution in [-0.4, -0.2) is 24.0 Å². The largest absolute Gasteiger partial charge is 0.366 e. The van der Waals surface area contributed by atoms with E-state index in [1.807, 2.05) is 56.4 Å². The predicted octanol–water partition coefficient (Wildman–Crippen LogP) is 4.62. The summed E-state index contributed by atoms with van der Waals surface area (Å²) in [7, 11) is 0. The number of benzene rings is 2. The minimum atomic E-state index is -0.0661. The van der Waals surface area contributed by atoms with Crippen LogP contribution in [0.4, 0.5) is 11.4 Å². The zero-order valence-corrected chi connectivity index (χ0v) is 16.4. The van der Waals surface area contributed by atoms with E-state index in [1.165, 1.54) is 11.1 Å². The molecule has 0 saturated heterocycles. The van der Waals surface area contributed by atoms with Gasteiger partial charge in [0.1, 0.15) is 5.69 Å². The smallest absolute Gasteiger partial charge is 0.276 e. The Kier molecular flexibility index (Phi) is 5.11. The van der Waals surface area contributed by atoms with Gasteiger partial charge < -0.3 is 9.80 Å². The van der Waals surface area contributed by atoms with Crippen molar-refractivity contribution in [3.63, 3.8) is 0 Å². The third-order valence-electron chi connectivity index (χ3n) is 5.34. The van der Waals surface area contributed by atoms with Crippen LogP contribution in [0.1, 0.15) is 34.1 Å². The van der Waals surface area contributed by atoms with E-state index in [1.54, 1.807) is 4.90 Å². The van der Waals surface area contributed by atoms with Gasteiger partial charge in [-0.3, -0.25) is 4.79 Å². The van der Waals surface area contributed by atoms with Crippen molar-refractivity contribution in [2.75, 3.05) is 22.9 Å². The number of carbonyl (C=O) groups is 1. The summed E-state index contributed by atoms with van der Waals surface area (Å²) in [4.78, 5) is 21.6. The van der Waals surface area contributed by atoms with Crippen molar-refractivity contribution in [1.82, 2.24) is 4.98 Å². The van der Waals surface area contributed by atoms with Crippen molar-refractivity contribution < 1.29 is 4.79 Å². The fraction of sp³-hybridized carbons (Fsp3) is 0.250. The van der Waals surface area contributed by atoms with Crippen LogP contribution in [0.3, 0.4) is 0 Å². The second kappa shape index (κ2) is 7.85. The predicted molar refractivity (Wildman–Crippen MR) is 114 cm³/mol. The molecule has 1 aliphatic rings. The van der Waals surface area contributed by atoms with Gasteiger partial charge in [-0.15, -0.1) is 0 Å². The number of fused-ring (bicyclic) bond motifs is 1. The van der Waals surface area contributed by atoms with Gasteiger partial charge in [0.25, 0.3) is 5.91 Å². The minimum absolute atomic E-state index is 0.0661. The first kappa shape index (κ1) is 18.2. The fourth-order valence-corrected chi connectivity index (χ4v) is 3.79. The normalized spacial score (nSPS) is 13.1. The Bertz CT molecular complexity index is 981. The summed E-state index contributed by atoms with van der Waals surface area (Å²) in [6, 6.07) is 20.4. The summed E-state index contributed by atoms with van der Waals surface area (Å²) in [5, 5.41) is 0. The van der Waals surface area contributed by atoms with Gasteiger partial charge in [-0.2, -0.15) is 0 Å². The Labute approximate surface area is 166 Å². The van der Waals surface area contributed by atoms with Crippen LogP contribution in [0.15, 0.2) is 66.9 Å². The maximum atomic E-state index is 13.0. The molecular formula is C24H25N3O. The molecule has 2 heterocycles. The van der Waals surface area contributed by atoms with E-state index in [0.717, 1.165) is 36.4 Å². The van der Waals surface area contributed by atoms with Crippen molar-refractivity contribution in [3.05, 3.63) is 89.2 Å². The molecule has 0 atom stereocenters. The number of hydrogen-bond acceptors (Lipinski definition) is 3. The molecule has 2 aromatic carbocycles. The lowest BCUT2D eigenvalue weighted by Crippen LogP contribution is -2.32. The van der Waals surface area contributed by atoms with E-state index in [-0.39, 0.29) is 5.91 Å². The average Bonchev–Trinajstić information content (AvgIpc) is 2.74. The summed E-state index contributed by atoms with van der Waals surface area (Å²) in [6.07, 6.45) is 2.86. The van der Waals surface area contributed by atoms with Gasteiger partial charge in [-0.25, -0.2) is 4.98 Å². The molecule has 4 heteroatoms. The summed E-state index contributed by atoms with van der Waals surface area (Å²) in [6.45, 7) is 6.48. The fourth-order valence-electron chi connectivity index (χ4n) is 3.79. The molecule has 0 N–H and O–H groups in total. The number of carbonyl (C=O) groups excluding carboxylic acids is 1. The third-order valence-corrected chi connectivity index (χ3v) is 5.34. The Hall–Kier alpha value is -3.14. The Morgan fingerprint density at radius 3 is 2.61 bits per heavy atom. The van der Waals surface area contributed by atoms with Crippen LogP contribution in [0, 0.1) is 6.92 Å². The molecule has 4 nitrogen and oxygen atoms in total. The minimum Gasteiger partial charge on any atom is -0.366 e. The van der Waals surface area contributed by atoms with Crippen LogP contribution in [0.5, 0.6) is 0 Å². The Morgan fingerprint density at radius 2 is 1.89 bits per heavy atom. The first-order valence-electron chi connectivity index (χ1n) is 9.82. The van der Waals surface area contributed by atoms with Gasteiger partial charge in [0.15, 0.2) is 0 Å². The SMILES string of the molecule is CCN(C(=O)c1ccc(N2CCc3ccccc3C2)cn1)c1cccc(C)c1. The molecule has 0 fully saturated rings. The molecule has 1 aliphatic heterocycles. The van der Waals surface area contributed by atoms with Crippen LogP contribution >= 0.6 is 0 Å². The lowest BCUT2D eigenvalue weighted by molar-refractivity contribution is 0.0983. The average molecular weight is 371 g/mol. The van der Waals surface area contributed by atoms with Gasteiger partial charge in [-0.1, -0.05) is 36.4 Å². The highest BCUT2D eigenvalue weighted by Gasteiger charge is 2.20. The number of pyridine rings is 1. The second-order valence-electron chi connectivity index (χ2n) is 7.23. The number of rotatable bonds is 4. The van der Waals surface area contributed by atoms with Crippen LogP contribution in [-0.2, 0) is 13.0 Å². The van der Waals surface area contributed by atoms with Gasteiger partial charge in [-0.05, 0) is 61.2 Å². The number of amides is 1. The summed E-state index contributed by atoms with van der Waals surface area (Å²) >= 11 is 0. The highest BCUT2D eigenvalue weighted by molar-refractivity contribution is 6.04. The summed E-state index contributed by atoms with van der Waals surface area (Å²) in [5.74, 6) is -0.0661. The van der Waals surface area contributed by atoms with E-state index < -0.39 is 0 Å². The molecule has 1 aromatic heterocycles. The Morgan fingerprint density at radius 1 is 1.07 bits per heavy atom. The number of anilines is 2. The molecule has 0 saturated carbocycles. The molecule has 0 unspecified atom stereocenters. The van der Waals surface area contributed by atoms with E-state index in [9.17, 15) is 4.79 Å². The zero-order valence-electron chi connectivity index (χ0n) is 16.4. The van der Waals surface area contributed by atoms with Gasteiger partial charge in [0.2, 0.25) is 0 Å². The quantitative estimate of drug-likeness (QED) is 0.671. The molecule has 28 heavy (non-hydrogen) atoms. The summed E-state index contributed by atoms with van der Waals surface area (Å²) < 4.78 is 0. The standard InChI is InChI=1S/C24H25N3O/c1-3-27(21-10-6-7-18(2)15-21)24(28)23-12-11-22(16-25-23)26-14-13-19-8-4-5-9-20(19)17-26/h4-12,15-16H,3,13-14,17H2,1-2H3. The molecule has 142 valence electrons. The van der Waals surface area contributed by atoms with E-state index in [2.05, 4.69) is 34.1 Å². The molecule has 0 aliphatic carbocycles. The van der Waals surface area contributed by atoms with E-state index >= 15 is 0 Å². The first-order chi connectivity index (χ1) is 13.7. The summed E-state index contributed by atoms with van der Waals surface area (Å²) in [5.41, 5.74) is 6.37. The molecule has 0 radical (unpaired) electrons. The molecule has 4 rings (SSSR count). The monoisotopic (exact) mass is 371 g/mol. The maximum Gasteiger partial charge on any atom is 0.276 e. The van der Waals surface area contributed by atoms with Crippen molar-refractivity contribution >= 4 is 17.3 Å². The zero-order chi connectivity index (χ0) is 19.5. The lowest BCUT2D eigenvalue weighted by Gasteiger charge is -2.30. The van der Waals surface area contributed by atoms with Gasteiger partial charge in [0.05, 0.1) is 11.9 Å². The number of hydrogen-bond donors (Lipinski definition) is 0. The third kappa shape index (κ3) is 3.63. The van der Waals surface area contributed by atoms with Gasteiger partial charge in [0, 0.05) is 25.3 Å². The maximum absolute atomic E-state index is 13.0. The number of nitrogens with zero attached hydrogens (tertiary/aromatic N) is 3. The second-order valence-corrected chi connectivity index (χ2v) is 7.23. The molecule has 3 aromatic rings. The van der Waals surface area contributed by atoms with Crippen LogP contribution in [0.2, 0.25) is 0 Å². The highest BCUT2D eigenvalue weighted by atomic mass is 16.2. The number of aromatic nitrogens is 1. The van der Waals surface area contributed by atoms with Crippen molar-refractivity contribution in [3.8, 4) is 0 Å². The van der Waals surface area contributed by atoms with Gasteiger partial charge >= 0.3 is 0 Å².